The van der Waals surface area contributed by atoms with Crippen molar-refractivity contribution in [2.24, 2.45) is 0 Å². The van der Waals surface area contributed by atoms with Gasteiger partial charge < -0.3 is 4.74 Å². The van der Waals surface area contributed by atoms with Crippen LogP contribution in [-0.2, 0) is 6.61 Å². The van der Waals surface area contributed by atoms with Crippen molar-refractivity contribution in [1.82, 2.24) is 9.97 Å². The number of ether oxygens (including phenoxy) is 1. The molecule has 0 unspecified atom stereocenters. The summed E-state index contributed by atoms with van der Waals surface area (Å²) in [4.78, 5) is 8.34. The van der Waals surface area contributed by atoms with Gasteiger partial charge in [0.15, 0.2) is 0 Å². The van der Waals surface area contributed by atoms with Crippen molar-refractivity contribution in [1.29, 1.82) is 0 Å². The van der Waals surface area contributed by atoms with Gasteiger partial charge in [0.2, 0.25) is 11.2 Å². The Hall–Kier alpha value is -1.65. The molecule has 0 fully saturated rings. The van der Waals surface area contributed by atoms with Crippen molar-refractivity contribution in [2.45, 2.75) is 6.61 Å². The smallest absolute Gasteiger partial charge is 0.226 e. The Morgan fingerprint density at radius 3 is 2.60 bits per heavy atom. The van der Waals surface area contributed by atoms with Crippen molar-refractivity contribution in [2.75, 3.05) is 0 Å². The van der Waals surface area contributed by atoms with E-state index in [1.807, 2.05) is 48.5 Å². The molecule has 3 rings (SSSR count). The van der Waals surface area contributed by atoms with Crippen LogP contribution in [0.5, 0.6) is 5.88 Å². The SMILES string of the molecule is Clc1nc(OCc2ccccc2Br)c2ccccc2n1. The molecule has 0 spiro atoms. The zero-order chi connectivity index (χ0) is 13.9. The van der Waals surface area contributed by atoms with Crippen molar-refractivity contribution in [3.63, 3.8) is 0 Å². The summed E-state index contributed by atoms with van der Waals surface area (Å²) in [5, 5.41) is 1.04. The lowest BCUT2D eigenvalue weighted by atomic mass is 10.2. The Labute approximate surface area is 129 Å². The maximum Gasteiger partial charge on any atom is 0.226 e. The quantitative estimate of drug-likeness (QED) is 0.647. The number of benzene rings is 2. The first kappa shape index (κ1) is 13.3. The normalized spacial score (nSPS) is 10.7. The lowest BCUT2D eigenvalue weighted by Gasteiger charge is -2.09. The van der Waals surface area contributed by atoms with E-state index in [1.165, 1.54) is 0 Å². The minimum absolute atomic E-state index is 0.186. The fraction of sp³-hybridized carbons (Fsp3) is 0.0667. The molecule has 0 radical (unpaired) electrons. The Morgan fingerprint density at radius 1 is 1.00 bits per heavy atom. The van der Waals surface area contributed by atoms with Gasteiger partial charge in [0.1, 0.15) is 6.61 Å². The van der Waals surface area contributed by atoms with Gasteiger partial charge in [0.25, 0.3) is 0 Å². The summed E-state index contributed by atoms with van der Waals surface area (Å²) >= 11 is 9.42. The van der Waals surface area contributed by atoms with Crippen LogP contribution < -0.4 is 4.74 Å². The molecule has 100 valence electrons. The van der Waals surface area contributed by atoms with Gasteiger partial charge in [0, 0.05) is 10.0 Å². The van der Waals surface area contributed by atoms with E-state index >= 15 is 0 Å². The number of hydrogen-bond acceptors (Lipinski definition) is 3. The average molecular weight is 350 g/mol. The van der Waals surface area contributed by atoms with Gasteiger partial charge in [-0.1, -0.05) is 46.3 Å². The molecular weight excluding hydrogens is 340 g/mol. The second-order valence-electron chi connectivity index (χ2n) is 4.20. The predicted molar refractivity (Wildman–Crippen MR) is 83.0 cm³/mol. The van der Waals surface area contributed by atoms with Crippen LogP contribution in [0, 0.1) is 0 Å². The highest BCUT2D eigenvalue weighted by Crippen LogP contribution is 2.25. The molecule has 1 aromatic heterocycles. The minimum atomic E-state index is 0.186. The third-order valence-electron chi connectivity index (χ3n) is 2.86. The Kier molecular flexibility index (Phi) is 3.85. The lowest BCUT2D eigenvalue weighted by molar-refractivity contribution is 0.297. The summed E-state index contributed by atoms with van der Waals surface area (Å²) in [6.07, 6.45) is 0. The molecule has 0 aliphatic rings. The molecule has 5 heteroatoms. The molecular formula is C15H10BrClN2O. The van der Waals surface area contributed by atoms with Crippen molar-refractivity contribution in [3.8, 4) is 5.88 Å². The van der Waals surface area contributed by atoms with E-state index in [9.17, 15) is 0 Å². The predicted octanol–water partition coefficient (Wildman–Crippen LogP) is 4.62. The van der Waals surface area contributed by atoms with Gasteiger partial charge in [-0.25, -0.2) is 4.98 Å². The fourth-order valence-electron chi connectivity index (χ4n) is 1.89. The molecule has 0 atom stereocenters. The van der Waals surface area contributed by atoms with E-state index in [4.69, 9.17) is 16.3 Å². The van der Waals surface area contributed by atoms with Gasteiger partial charge in [0.05, 0.1) is 10.9 Å². The molecule has 0 saturated heterocycles. The first-order chi connectivity index (χ1) is 9.74. The first-order valence-electron chi connectivity index (χ1n) is 6.02. The molecule has 3 nitrogen and oxygen atoms in total. The highest BCUT2D eigenvalue weighted by molar-refractivity contribution is 9.10. The standard InChI is InChI=1S/C15H10BrClN2O/c16-12-7-3-1-5-10(12)9-20-14-11-6-2-4-8-13(11)18-15(17)19-14/h1-8H,9H2. The average Bonchev–Trinajstić information content (AvgIpc) is 2.46. The maximum atomic E-state index is 5.93. The molecule has 0 aliphatic carbocycles. The van der Waals surface area contributed by atoms with Gasteiger partial charge in [-0.2, -0.15) is 4.98 Å². The van der Waals surface area contributed by atoms with E-state index in [0.717, 1.165) is 20.9 Å². The Balaban J connectivity index is 1.93. The largest absolute Gasteiger partial charge is 0.472 e. The maximum absolute atomic E-state index is 5.93. The van der Waals surface area contributed by atoms with Crippen molar-refractivity contribution >= 4 is 38.4 Å². The molecule has 2 aromatic carbocycles. The zero-order valence-electron chi connectivity index (χ0n) is 10.4. The Bertz CT molecular complexity index is 764. The van der Waals surface area contributed by atoms with E-state index in [2.05, 4.69) is 25.9 Å². The van der Waals surface area contributed by atoms with E-state index in [0.29, 0.717) is 12.5 Å². The summed E-state index contributed by atoms with van der Waals surface area (Å²) in [5.41, 5.74) is 1.82. The van der Waals surface area contributed by atoms with Gasteiger partial charge in [-0.3, -0.25) is 0 Å². The number of rotatable bonds is 3. The molecule has 0 saturated carbocycles. The molecule has 0 bridgehead atoms. The highest BCUT2D eigenvalue weighted by Gasteiger charge is 2.08. The van der Waals surface area contributed by atoms with Crippen LogP contribution in [-0.4, -0.2) is 9.97 Å². The van der Waals surface area contributed by atoms with Crippen LogP contribution >= 0.6 is 27.5 Å². The monoisotopic (exact) mass is 348 g/mol. The molecule has 0 N–H and O–H groups in total. The van der Waals surface area contributed by atoms with E-state index in [1.54, 1.807) is 0 Å². The summed E-state index contributed by atoms with van der Waals surface area (Å²) < 4.78 is 6.81. The molecule has 3 aromatic rings. The molecule has 0 aliphatic heterocycles. The van der Waals surface area contributed by atoms with Gasteiger partial charge in [-0.15, -0.1) is 0 Å². The lowest BCUT2D eigenvalue weighted by Crippen LogP contribution is -2.00. The van der Waals surface area contributed by atoms with Crippen LogP contribution in [0.4, 0.5) is 0 Å². The number of aromatic nitrogens is 2. The number of hydrogen-bond donors (Lipinski definition) is 0. The van der Waals surface area contributed by atoms with Crippen LogP contribution in [0.15, 0.2) is 53.0 Å². The summed E-state index contributed by atoms with van der Waals surface area (Å²) in [6, 6.07) is 15.5. The molecule has 1 heterocycles. The molecule has 0 amide bonds. The highest BCUT2D eigenvalue weighted by atomic mass is 79.9. The van der Waals surface area contributed by atoms with Gasteiger partial charge in [-0.05, 0) is 29.8 Å². The van der Waals surface area contributed by atoms with Crippen molar-refractivity contribution in [3.05, 3.63) is 63.9 Å². The van der Waals surface area contributed by atoms with Crippen LogP contribution in [0.2, 0.25) is 5.28 Å². The molecule has 20 heavy (non-hydrogen) atoms. The zero-order valence-corrected chi connectivity index (χ0v) is 12.7. The summed E-state index contributed by atoms with van der Waals surface area (Å²) in [7, 11) is 0. The van der Waals surface area contributed by atoms with Crippen molar-refractivity contribution < 1.29 is 4.74 Å². The van der Waals surface area contributed by atoms with Crippen LogP contribution in [0.3, 0.4) is 0 Å². The van der Waals surface area contributed by atoms with Crippen LogP contribution in [0.1, 0.15) is 5.56 Å². The Morgan fingerprint density at radius 2 is 1.75 bits per heavy atom. The second-order valence-corrected chi connectivity index (χ2v) is 5.39. The third-order valence-corrected chi connectivity index (χ3v) is 3.81. The van der Waals surface area contributed by atoms with Gasteiger partial charge >= 0.3 is 0 Å². The second kappa shape index (κ2) is 5.77. The van der Waals surface area contributed by atoms with E-state index in [-0.39, 0.29) is 5.28 Å². The first-order valence-corrected chi connectivity index (χ1v) is 7.19. The minimum Gasteiger partial charge on any atom is -0.472 e. The fourth-order valence-corrected chi connectivity index (χ4v) is 2.46. The van der Waals surface area contributed by atoms with Crippen LogP contribution in [0.25, 0.3) is 10.9 Å². The number of fused-ring (bicyclic) bond motifs is 1. The third kappa shape index (κ3) is 2.76. The number of halogens is 2. The topological polar surface area (TPSA) is 35.0 Å². The van der Waals surface area contributed by atoms with E-state index < -0.39 is 0 Å². The summed E-state index contributed by atoms with van der Waals surface area (Å²) in [5.74, 6) is 0.497. The number of nitrogens with zero attached hydrogens (tertiary/aromatic N) is 2. The number of para-hydroxylation sites is 1. The summed E-state index contributed by atoms with van der Waals surface area (Å²) in [6.45, 7) is 0.415.